The van der Waals surface area contributed by atoms with Gasteiger partial charge in [-0.05, 0) is 44.5 Å². The van der Waals surface area contributed by atoms with E-state index in [4.69, 9.17) is 16.0 Å². The van der Waals surface area contributed by atoms with Crippen molar-refractivity contribution in [3.8, 4) is 5.75 Å². The van der Waals surface area contributed by atoms with E-state index in [1.54, 1.807) is 19.9 Å². The SMILES string of the molecule is C/C(=N/NC(=O)c1cc(Cl)ccc1O)c1cc(CCC(=O)[O-])oc1C. The summed E-state index contributed by atoms with van der Waals surface area (Å²) in [6.45, 7) is 3.37. The van der Waals surface area contributed by atoms with Gasteiger partial charge in [-0.2, -0.15) is 5.10 Å². The number of amides is 1. The smallest absolute Gasteiger partial charge is 0.275 e. The van der Waals surface area contributed by atoms with Crippen LogP contribution in [0.2, 0.25) is 5.02 Å². The maximum absolute atomic E-state index is 12.1. The third-order valence-electron chi connectivity index (χ3n) is 3.46. The van der Waals surface area contributed by atoms with Crippen LogP contribution in [0.1, 0.15) is 40.8 Å². The first-order valence-electron chi connectivity index (χ1n) is 7.40. The van der Waals surface area contributed by atoms with Gasteiger partial charge in [-0.1, -0.05) is 11.6 Å². The van der Waals surface area contributed by atoms with E-state index in [2.05, 4.69) is 10.5 Å². The number of aromatic hydroxyl groups is 1. The Morgan fingerprint density at radius 2 is 2.04 bits per heavy atom. The zero-order chi connectivity index (χ0) is 18.6. The molecule has 0 saturated heterocycles. The van der Waals surface area contributed by atoms with Crippen molar-refractivity contribution in [1.82, 2.24) is 5.43 Å². The molecule has 1 heterocycles. The van der Waals surface area contributed by atoms with Gasteiger partial charge in [0.05, 0.1) is 11.3 Å². The number of aliphatic carboxylic acids is 1. The lowest BCUT2D eigenvalue weighted by Crippen LogP contribution is -2.22. The average molecular weight is 364 g/mol. The normalized spacial score (nSPS) is 11.4. The van der Waals surface area contributed by atoms with Gasteiger partial charge in [0, 0.05) is 23.0 Å². The van der Waals surface area contributed by atoms with Crippen molar-refractivity contribution in [3.05, 3.63) is 51.9 Å². The first-order chi connectivity index (χ1) is 11.8. The maximum atomic E-state index is 12.1. The third kappa shape index (κ3) is 4.84. The van der Waals surface area contributed by atoms with Crippen molar-refractivity contribution in [1.29, 1.82) is 0 Å². The number of carbonyl (C=O) groups excluding carboxylic acids is 2. The number of phenols is 1. The highest BCUT2D eigenvalue weighted by atomic mass is 35.5. The van der Waals surface area contributed by atoms with Crippen LogP contribution in [0.5, 0.6) is 5.75 Å². The van der Waals surface area contributed by atoms with Crippen LogP contribution in [-0.4, -0.2) is 22.7 Å². The van der Waals surface area contributed by atoms with Crippen LogP contribution in [0.4, 0.5) is 0 Å². The van der Waals surface area contributed by atoms with Crippen LogP contribution in [-0.2, 0) is 11.2 Å². The van der Waals surface area contributed by atoms with E-state index >= 15 is 0 Å². The minimum atomic E-state index is -1.16. The monoisotopic (exact) mass is 363 g/mol. The lowest BCUT2D eigenvalue weighted by atomic mass is 10.1. The lowest BCUT2D eigenvalue weighted by molar-refractivity contribution is -0.305. The van der Waals surface area contributed by atoms with Crippen molar-refractivity contribution >= 4 is 29.2 Å². The van der Waals surface area contributed by atoms with E-state index in [9.17, 15) is 19.8 Å². The molecule has 1 aromatic heterocycles. The van der Waals surface area contributed by atoms with Gasteiger partial charge in [0.1, 0.15) is 17.3 Å². The van der Waals surface area contributed by atoms with Crippen LogP contribution in [0.15, 0.2) is 33.8 Å². The van der Waals surface area contributed by atoms with E-state index in [1.165, 1.54) is 18.2 Å². The zero-order valence-electron chi connectivity index (χ0n) is 13.6. The largest absolute Gasteiger partial charge is 0.550 e. The lowest BCUT2D eigenvalue weighted by Gasteiger charge is -2.04. The van der Waals surface area contributed by atoms with Crippen LogP contribution < -0.4 is 10.5 Å². The second-order valence-corrected chi connectivity index (χ2v) is 5.79. The topological polar surface area (TPSA) is 115 Å². The molecule has 0 saturated carbocycles. The van der Waals surface area contributed by atoms with Crippen molar-refractivity contribution < 1.29 is 24.2 Å². The van der Waals surface area contributed by atoms with Gasteiger partial charge in [0.2, 0.25) is 0 Å². The fourth-order valence-electron chi connectivity index (χ4n) is 2.20. The summed E-state index contributed by atoms with van der Waals surface area (Å²) < 4.78 is 5.47. The fourth-order valence-corrected chi connectivity index (χ4v) is 2.37. The van der Waals surface area contributed by atoms with Gasteiger partial charge in [-0.15, -0.1) is 0 Å². The number of carbonyl (C=O) groups is 2. The fraction of sp³-hybridized carbons (Fsp3) is 0.235. The second kappa shape index (κ2) is 7.85. The molecule has 2 N–H and O–H groups in total. The van der Waals surface area contributed by atoms with Gasteiger partial charge in [-0.25, -0.2) is 5.43 Å². The van der Waals surface area contributed by atoms with Gasteiger partial charge in [0.25, 0.3) is 5.91 Å². The molecule has 2 aromatic rings. The van der Waals surface area contributed by atoms with Gasteiger partial charge < -0.3 is 19.4 Å². The number of benzene rings is 1. The number of phenolic OH excluding ortho intramolecular Hbond substituents is 1. The molecular weight excluding hydrogens is 348 g/mol. The highest BCUT2D eigenvalue weighted by molar-refractivity contribution is 6.31. The average Bonchev–Trinajstić information content (AvgIpc) is 2.93. The first kappa shape index (κ1) is 18.5. The number of carboxylic acids is 1. The van der Waals surface area contributed by atoms with Gasteiger partial charge >= 0.3 is 0 Å². The van der Waals surface area contributed by atoms with E-state index in [1.807, 2.05) is 0 Å². The number of nitrogens with zero attached hydrogens (tertiary/aromatic N) is 1. The molecular formula is C17H16ClN2O5-. The van der Waals surface area contributed by atoms with Crippen LogP contribution >= 0.6 is 11.6 Å². The van der Waals surface area contributed by atoms with Crippen LogP contribution in [0, 0.1) is 6.92 Å². The first-order valence-corrected chi connectivity index (χ1v) is 7.78. The van der Waals surface area contributed by atoms with Crippen LogP contribution in [0.25, 0.3) is 0 Å². The predicted molar refractivity (Wildman–Crippen MR) is 89.6 cm³/mol. The number of hydrogen-bond donors (Lipinski definition) is 2. The summed E-state index contributed by atoms with van der Waals surface area (Å²) in [6.07, 6.45) is 0.0621. The molecule has 0 radical (unpaired) electrons. The summed E-state index contributed by atoms with van der Waals surface area (Å²) in [5, 5.41) is 24.5. The molecule has 0 aliphatic rings. The molecule has 25 heavy (non-hydrogen) atoms. The number of hydrazone groups is 1. The molecule has 0 bridgehead atoms. The minimum absolute atomic E-state index is 0.00242. The summed E-state index contributed by atoms with van der Waals surface area (Å²) >= 11 is 5.81. The molecule has 2 rings (SSSR count). The number of rotatable bonds is 6. The minimum Gasteiger partial charge on any atom is -0.550 e. The Balaban J connectivity index is 2.12. The number of nitrogens with one attached hydrogen (secondary N) is 1. The van der Waals surface area contributed by atoms with Gasteiger partial charge in [0.15, 0.2) is 0 Å². The molecule has 132 valence electrons. The Hall–Kier alpha value is -2.80. The van der Waals surface area contributed by atoms with Crippen molar-refractivity contribution in [3.63, 3.8) is 0 Å². The quantitative estimate of drug-likeness (QED) is 0.599. The summed E-state index contributed by atoms with van der Waals surface area (Å²) in [5.41, 5.74) is 3.45. The molecule has 1 amide bonds. The molecule has 0 atom stereocenters. The Morgan fingerprint density at radius 3 is 2.72 bits per heavy atom. The molecule has 7 nitrogen and oxygen atoms in total. The number of halogens is 1. The Bertz CT molecular complexity index is 842. The summed E-state index contributed by atoms with van der Waals surface area (Å²) in [6, 6.07) is 5.78. The summed E-state index contributed by atoms with van der Waals surface area (Å²) in [4.78, 5) is 22.6. The zero-order valence-corrected chi connectivity index (χ0v) is 14.4. The molecule has 1 aromatic carbocycles. The highest BCUT2D eigenvalue weighted by Crippen LogP contribution is 2.21. The molecule has 0 spiro atoms. The molecule has 0 unspecified atom stereocenters. The van der Waals surface area contributed by atoms with E-state index in [-0.39, 0.29) is 24.2 Å². The van der Waals surface area contributed by atoms with Crippen molar-refractivity contribution in [2.45, 2.75) is 26.7 Å². The molecule has 0 fully saturated rings. The predicted octanol–water partition coefficient (Wildman–Crippen LogP) is 1.78. The third-order valence-corrected chi connectivity index (χ3v) is 3.70. The number of aryl methyl sites for hydroxylation is 2. The van der Waals surface area contributed by atoms with E-state index < -0.39 is 11.9 Å². The number of furan rings is 1. The number of hydrogen-bond acceptors (Lipinski definition) is 6. The molecule has 8 heteroatoms. The summed E-state index contributed by atoms with van der Waals surface area (Å²) in [5.74, 6) is -0.939. The Morgan fingerprint density at radius 1 is 1.32 bits per heavy atom. The van der Waals surface area contributed by atoms with Crippen molar-refractivity contribution in [2.75, 3.05) is 0 Å². The standard InChI is InChI=1S/C17H17ClN2O5/c1-9(13-8-12(25-10(13)2)4-6-16(22)23)19-20-17(24)14-7-11(18)3-5-15(14)21/h3,5,7-8,21H,4,6H2,1-2H3,(H,20,24)(H,22,23)/p-1/b19-9-. The maximum Gasteiger partial charge on any atom is 0.275 e. The van der Waals surface area contributed by atoms with Gasteiger partial charge in [-0.3, -0.25) is 4.79 Å². The van der Waals surface area contributed by atoms with Crippen LogP contribution in [0.3, 0.4) is 0 Å². The highest BCUT2D eigenvalue weighted by Gasteiger charge is 2.13. The molecule has 0 aliphatic carbocycles. The second-order valence-electron chi connectivity index (χ2n) is 5.35. The number of carboxylic acid groups (broad SMARTS) is 1. The van der Waals surface area contributed by atoms with E-state index in [0.29, 0.717) is 27.8 Å². The Labute approximate surface area is 148 Å². The van der Waals surface area contributed by atoms with Crippen molar-refractivity contribution in [2.24, 2.45) is 5.10 Å². The Kier molecular flexibility index (Phi) is 5.82. The summed E-state index contributed by atoms with van der Waals surface area (Å²) in [7, 11) is 0. The van der Waals surface area contributed by atoms with E-state index in [0.717, 1.165) is 0 Å². The molecule has 0 aliphatic heterocycles.